The molecular weight excluding hydrogens is 316 g/mol. The lowest BCUT2D eigenvalue weighted by Crippen LogP contribution is -2.43. The third-order valence-corrected chi connectivity index (χ3v) is 4.82. The monoisotopic (exact) mass is 342 g/mol. The first-order chi connectivity index (χ1) is 12.1. The van der Waals surface area contributed by atoms with E-state index in [0.717, 1.165) is 24.3 Å². The molecule has 1 aromatic carbocycles. The van der Waals surface area contributed by atoms with Crippen molar-refractivity contribution in [1.29, 1.82) is 0 Å². The number of hydrogen-bond donors (Lipinski definition) is 0. The van der Waals surface area contributed by atoms with E-state index in [1.54, 1.807) is 13.4 Å². The minimum absolute atomic E-state index is 0.114. The van der Waals surface area contributed by atoms with Crippen LogP contribution >= 0.6 is 0 Å². The Morgan fingerprint density at radius 1 is 1.32 bits per heavy atom. The van der Waals surface area contributed by atoms with E-state index in [2.05, 4.69) is 30.0 Å². The van der Waals surface area contributed by atoms with E-state index in [1.165, 1.54) is 5.56 Å². The van der Waals surface area contributed by atoms with Gasteiger partial charge < -0.3 is 14.1 Å². The lowest BCUT2D eigenvalue weighted by Gasteiger charge is -2.28. The van der Waals surface area contributed by atoms with Gasteiger partial charge in [0.2, 0.25) is 5.91 Å². The van der Waals surface area contributed by atoms with Crippen LogP contribution in [0.15, 0.2) is 47.1 Å². The summed E-state index contributed by atoms with van der Waals surface area (Å²) in [5.74, 6) is 0.921. The number of hydrogen-bond acceptors (Lipinski definition) is 4. The Hall–Kier alpha value is -2.11. The summed E-state index contributed by atoms with van der Waals surface area (Å²) in [6, 6.07) is 11.9. The Balaban J connectivity index is 1.79. The van der Waals surface area contributed by atoms with E-state index in [4.69, 9.17) is 9.15 Å². The highest BCUT2D eigenvalue weighted by Crippen LogP contribution is 2.22. The first-order valence-electron chi connectivity index (χ1n) is 8.66. The van der Waals surface area contributed by atoms with Gasteiger partial charge in [-0.3, -0.25) is 9.69 Å². The number of likely N-dealkylation sites (tertiary alicyclic amines) is 1. The van der Waals surface area contributed by atoms with E-state index >= 15 is 0 Å². The van der Waals surface area contributed by atoms with Crippen LogP contribution in [0.4, 0.5) is 0 Å². The van der Waals surface area contributed by atoms with Crippen LogP contribution in [-0.2, 0) is 22.6 Å². The fourth-order valence-electron chi connectivity index (χ4n) is 3.46. The van der Waals surface area contributed by atoms with Gasteiger partial charge in [-0.1, -0.05) is 29.8 Å². The Morgan fingerprint density at radius 3 is 2.80 bits per heavy atom. The Labute approximate surface area is 149 Å². The average Bonchev–Trinajstić information content (AvgIpc) is 3.23. The maximum atomic E-state index is 13.2. The minimum atomic E-state index is -0.148. The molecule has 1 fully saturated rings. The molecule has 1 saturated heterocycles. The highest BCUT2D eigenvalue weighted by atomic mass is 16.5. The van der Waals surface area contributed by atoms with Gasteiger partial charge in [-0.2, -0.15) is 0 Å². The number of rotatable bonds is 6. The van der Waals surface area contributed by atoms with Crippen molar-refractivity contribution >= 4 is 5.91 Å². The lowest BCUT2D eigenvalue weighted by molar-refractivity contribution is -0.137. The van der Waals surface area contributed by atoms with E-state index in [9.17, 15) is 4.79 Å². The largest absolute Gasteiger partial charge is 0.467 e. The standard InChI is InChI=1S/C20H26N2O3/c1-15-6-4-7-16(10-15)12-22(14-17-8-5-9-25-17)20(23)19-11-18(24-3)13-21(19)2/h4-10,18-19H,11-14H2,1-3H3/t18-,19-/m0/s1. The number of amides is 1. The normalized spacial score (nSPS) is 20.8. The van der Waals surface area contributed by atoms with Crippen molar-refractivity contribution in [1.82, 2.24) is 9.80 Å². The molecule has 2 aromatic rings. The molecule has 0 bridgehead atoms. The van der Waals surface area contributed by atoms with Gasteiger partial charge in [0.15, 0.2) is 0 Å². The molecule has 0 saturated carbocycles. The molecule has 0 N–H and O–H groups in total. The SMILES string of the molecule is CO[C@H]1C[C@@H](C(=O)N(Cc2cccc(C)c2)Cc2ccco2)N(C)C1. The van der Waals surface area contributed by atoms with Crippen LogP contribution in [0.3, 0.4) is 0 Å². The molecule has 1 aromatic heterocycles. The molecular formula is C20H26N2O3. The number of likely N-dealkylation sites (N-methyl/N-ethyl adjacent to an activating group) is 1. The molecule has 1 aliphatic heterocycles. The van der Waals surface area contributed by atoms with Crippen molar-refractivity contribution in [2.75, 3.05) is 20.7 Å². The number of benzene rings is 1. The summed E-state index contributed by atoms with van der Waals surface area (Å²) in [6.07, 6.45) is 2.49. The first kappa shape index (κ1) is 17.7. The molecule has 134 valence electrons. The average molecular weight is 342 g/mol. The van der Waals surface area contributed by atoms with E-state index < -0.39 is 0 Å². The molecule has 1 amide bonds. The summed E-state index contributed by atoms with van der Waals surface area (Å²) in [5, 5.41) is 0. The molecule has 0 spiro atoms. The predicted molar refractivity (Wildman–Crippen MR) is 96.0 cm³/mol. The quantitative estimate of drug-likeness (QED) is 0.810. The van der Waals surface area contributed by atoms with Crippen LogP contribution in [-0.4, -0.2) is 48.6 Å². The fourth-order valence-corrected chi connectivity index (χ4v) is 3.46. The maximum absolute atomic E-state index is 13.2. The second-order valence-electron chi connectivity index (χ2n) is 6.81. The van der Waals surface area contributed by atoms with Crippen molar-refractivity contribution < 1.29 is 13.9 Å². The minimum Gasteiger partial charge on any atom is -0.467 e. The summed E-state index contributed by atoms with van der Waals surface area (Å²) in [7, 11) is 3.69. The summed E-state index contributed by atoms with van der Waals surface area (Å²) >= 11 is 0. The second kappa shape index (κ2) is 7.85. The van der Waals surface area contributed by atoms with E-state index in [-0.39, 0.29) is 18.1 Å². The zero-order valence-corrected chi connectivity index (χ0v) is 15.1. The number of aryl methyl sites for hydroxylation is 1. The zero-order chi connectivity index (χ0) is 17.8. The lowest BCUT2D eigenvalue weighted by atomic mass is 10.1. The molecule has 25 heavy (non-hydrogen) atoms. The van der Waals surface area contributed by atoms with Crippen molar-refractivity contribution in [2.45, 2.75) is 38.6 Å². The molecule has 1 aliphatic rings. The third-order valence-electron chi connectivity index (χ3n) is 4.82. The number of methoxy groups -OCH3 is 1. The highest BCUT2D eigenvalue weighted by molar-refractivity contribution is 5.82. The number of ether oxygens (including phenoxy) is 1. The van der Waals surface area contributed by atoms with Gasteiger partial charge in [-0.05, 0) is 38.1 Å². The van der Waals surface area contributed by atoms with Crippen LogP contribution in [0.5, 0.6) is 0 Å². The van der Waals surface area contributed by atoms with Gasteiger partial charge in [0.05, 0.1) is 25.0 Å². The number of furan rings is 1. The molecule has 2 atom stereocenters. The van der Waals surface area contributed by atoms with Crippen LogP contribution in [0, 0.1) is 6.92 Å². The molecule has 0 radical (unpaired) electrons. The molecule has 0 aliphatic carbocycles. The summed E-state index contributed by atoms with van der Waals surface area (Å²) < 4.78 is 10.9. The molecule has 3 rings (SSSR count). The zero-order valence-electron chi connectivity index (χ0n) is 15.1. The molecule has 5 nitrogen and oxygen atoms in total. The van der Waals surface area contributed by atoms with Crippen molar-refractivity contribution in [2.24, 2.45) is 0 Å². The Kier molecular flexibility index (Phi) is 5.56. The third kappa shape index (κ3) is 4.30. The van der Waals surface area contributed by atoms with Crippen molar-refractivity contribution in [3.05, 3.63) is 59.5 Å². The predicted octanol–water partition coefficient (Wildman–Crippen LogP) is 2.84. The number of carbonyl (C=O) groups excluding carboxylic acids is 1. The molecule has 2 heterocycles. The van der Waals surface area contributed by atoms with Crippen LogP contribution < -0.4 is 0 Å². The van der Waals surface area contributed by atoms with Crippen LogP contribution in [0.1, 0.15) is 23.3 Å². The molecule has 5 heteroatoms. The summed E-state index contributed by atoms with van der Waals surface area (Å²) in [6.45, 7) is 3.90. The smallest absolute Gasteiger partial charge is 0.240 e. The summed E-state index contributed by atoms with van der Waals surface area (Å²) in [5.41, 5.74) is 2.32. The maximum Gasteiger partial charge on any atom is 0.240 e. The van der Waals surface area contributed by atoms with Crippen molar-refractivity contribution in [3.63, 3.8) is 0 Å². The summed E-state index contributed by atoms with van der Waals surface area (Å²) in [4.78, 5) is 17.2. The first-order valence-corrected chi connectivity index (χ1v) is 8.66. The van der Waals surface area contributed by atoms with Gasteiger partial charge >= 0.3 is 0 Å². The Morgan fingerprint density at radius 2 is 2.16 bits per heavy atom. The van der Waals surface area contributed by atoms with Crippen molar-refractivity contribution in [3.8, 4) is 0 Å². The topological polar surface area (TPSA) is 45.9 Å². The molecule has 0 unspecified atom stereocenters. The Bertz CT molecular complexity index is 699. The number of nitrogens with zero attached hydrogens (tertiary/aromatic N) is 2. The van der Waals surface area contributed by atoms with Crippen LogP contribution in [0.25, 0.3) is 0 Å². The van der Waals surface area contributed by atoms with E-state index in [1.807, 2.05) is 30.1 Å². The van der Waals surface area contributed by atoms with Gasteiger partial charge in [0, 0.05) is 20.2 Å². The highest BCUT2D eigenvalue weighted by Gasteiger charge is 2.37. The van der Waals surface area contributed by atoms with Gasteiger partial charge in [-0.25, -0.2) is 0 Å². The van der Waals surface area contributed by atoms with E-state index in [0.29, 0.717) is 13.1 Å². The van der Waals surface area contributed by atoms with Gasteiger partial charge in [0.1, 0.15) is 5.76 Å². The van der Waals surface area contributed by atoms with Gasteiger partial charge in [-0.15, -0.1) is 0 Å². The van der Waals surface area contributed by atoms with Crippen LogP contribution in [0.2, 0.25) is 0 Å². The number of carbonyl (C=O) groups is 1. The second-order valence-corrected chi connectivity index (χ2v) is 6.81. The fraction of sp³-hybridized carbons (Fsp3) is 0.450. The van der Waals surface area contributed by atoms with Gasteiger partial charge in [0.25, 0.3) is 0 Å².